The largest absolute Gasteiger partial charge is 0.491 e. The average Bonchev–Trinajstić information content (AvgIpc) is 3.16. The Hall–Kier alpha value is -1.55. The number of guanidine groups is 1. The van der Waals surface area contributed by atoms with E-state index in [0.29, 0.717) is 19.1 Å². The number of aryl methyl sites for hydroxylation is 1. The van der Waals surface area contributed by atoms with Gasteiger partial charge in [-0.2, -0.15) is 0 Å². The molecular weight excluding hydrogens is 471 g/mol. The van der Waals surface area contributed by atoms with E-state index in [0.717, 1.165) is 42.9 Å². The molecule has 2 N–H and O–H groups in total. The Kier molecular flexibility index (Phi) is 11.2. The third-order valence-corrected chi connectivity index (χ3v) is 4.33. The maximum Gasteiger partial charge on any atom is 0.241 e. The first kappa shape index (κ1) is 24.5. The summed E-state index contributed by atoms with van der Waals surface area (Å²) < 4.78 is 11.7. The average molecular weight is 504 g/mol. The Morgan fingerprint density at radius 2 is 2.14 bits per heavy atom. The van der Waals surface area contributed by atoms with E-state index >= 15 is 0 Å². The van der Waals surface area contributed by atoms with E-state index in [1.807, 2.05) is 26.0 Å². The summed E-state index contributed by atoms with van der Waals surface area (Å²) in [5, 5.41) is 6.23. The third-order valence-electron chi connectivity index (χ3n) is 4.33. The number of likely N-dealkylation sites (N-methyl/N-ethyl adjacent to an activating group) is 1. The normalized spacial score (nSPS) is 16.3. The molecule has 1 fully saturated rings. The highest BCUT2D eigenvalue weighted by atomic mass is 127. The topological polar surface area (TPSA) is 75.2 Å². The fourth-order valence-corrected chi connectivity index (χ4v) is 2.71. The van der Waals surface area contributed by atoms with Gasteiger partial charge in [-0.3, -0.25) is 4.79 Å². The van der Waals surface area contributed by atoms with Crippen molar-refractivity contribution in [2.75, 3.05) is 40.4 Å². The second-order valence-electron chi connectivity index (χ2n) is 6.89. The molecule has 1 aliphatic heterocycles. The van der Waals surface area contributed by atoms with Crippen LogP contribution in [0.3, 0.4) is 0 Å². The Balaban J connectivity index is 0.00000392. The van der Waals surface area contributed by atoms with Crippen molar-refractivity contribution in [3.05, 3.63) is 29.3 Å². The van der Waals surface area contributed by atoms with Crippen LogP contribution in [0.1, 0.15) is 30.9 Å². The van der Waals surface area contributed by atoms with E-state index in [-0.39, 0.29) is 42.5 Å². The zero-order valence-corrected chi connectivity index (χ0v) is 19.6. The number of benzene rings is 1. The van der Waals surface area contributed by atoms with Crippen molar-refractivity contribution in [2.45, 2.75) is 39.3 Å². The van der Waals surface area contributed by atoms with Gasteiger partial charge in [-0.1, -0.05) is 12.1 Å². The van der Waals surface area contributed by atoms with Crippen LogP contribution < -0.4 is 15.4 Å². The summed E-state index contributed by atoms with van der Waals surface area (Å²) in [6, 6.07) is 6.13. The first-order chi connectivity index (χ1) is 13.0. The first-order valence-electron chi connectivity index (χ1n) is 9.56. The molecule has 8 heteroatoms. The molecular formula is C20H33IN4O3. The van der Waals surface area contributed by atoms with Gasteiger partial charge in [-0.15, -0.1) is 24.0 Å². The van der Waals surface area contributed by atoms with Crippen molar-refractivity contribution < 1.29 is 14.3 Å². The number of rotatable bonds is 8. The van der Waals surface area contributed by atoms with Gasteiger partial charge in [0.25, 0.3) is 0 Å². The minimum Gasteiger partial charge on any atom is -0.491 e. The predicted molar refractivity (Wildman–Crippen MR) is 123 cm³/mol. The number of carbonyl (C=O) groups excluding carboxylic acids is 1. The van der Waals surface area contributed by atoms with E-state index in [1.54, 1.807) is 19.0 Å². The van der Waals surface area contributed by atoms with Gasteiger partial charge >= 0.3 is 0 Å². The molecule has 1 aromatic carbocycles. The summed E-state index contributed by atoms with van der Waals surface area (Å²) in [4.78, 5) is 17.9. The lowest BCUT2D eigenvalue weighted by molar-refractivity contribution is -0.127. The fraction of sp³-hybridized carbons (Fsp3) is 0.600. The maximum absolute atomic E-state index is 11.8. The highest BCUT2D eigenvalue weighted by Gasteiger charge is 2.17. The summed E-state index contributed by atoms with van der Waals surface area (Å²) in [7, 11) is 3.47. The van der Waals surface area contributed by atoms with Gasteiger partial charge < -0.3 is 25.0 Å². The van der Waals surface area contributed by atoms with Crippen molar-refractivity contribution in [1.82, 2.24) is 15.5 Å². The molecule has 0 saturated carbocycles. The van der Waals surface area contributed by atoms with Gasteiger partial charge in [-0.25, -0.2) is 4.99 Å². The van der Waals surface area contributed by atoms with Crippen LogP contribution in [0.15, 0.2) is 23.2 Å². The van der Waals surface area contributed by atoms with Crippen LogP contribution in [-0.2, 0) is 16.1 Å². The summed E-state index contributed by atoms with van der Waals surface area (Å²) in [6.07, 6.45) is 2.33. The van der Waals surface area contributed by atoms with Crippen molar-refractivity contribution in [3.63, 3.8) is 0 Å². The van der Waals surface area contributed by atoms with E-state index < -0.39 is 0 Å². The zero-order valence-electron chi connectivity index (χ0n) is 17.3. The van der Waals surface area contributed by atoms with Gasteiger partial charge in [0.05, 0.1) is 19.2 Å². The first-order valence-corrected chi connectivity index (χ1v) is 9.56. The molecule has 1 atom stereocenters. The van der Waals surface area contributed by atoms with E-state index in [2.05, 4.69) is 21.7 Å². The SMILES string of the molecule is CCNC(=NCc1ccc(C)cc1OCC1CCCO1)NCC(=O)N(C)C.I. The molecule has 0 spiro atoms. The number of amides is 1. The molecule has 2 rings (SSSR count). The van der Waals surface area contributed by atoms with Crippen LogP contribution in [0, 0.1) is 6.92 Å². The van der Waals surface area contributed by atoms with Crippen molar-refractivity contribution in [1.29, 1.82) is 0 Å². The van der Waals surface area contributed by atoms with Crippen LogP contribution in [0.5, 0.6) is 5.75 Å². The van der Waals surface area contributed by atoms with E-state index in [4.69, 9.17) is 9.47 Å². The van der Waals surface area contributed by atoms with Gasteiger partial charge in [0.1, 0.15) is 12.4 Å². The summed E-state index contributed by atoms with van der Waals surface area (Å²) in [6.45, 7) is 6.82. The van der Waals surface area contributed by atoms with E-state index in [9.17, 15) is 4.79 Å². The second kappa shape index (κ2) is 12.8. The minimum atomic E-state index is -0.00322. The number of nitrogens with one attached hydrogen (secondary N) is 2. The minimum absolute atomic E-state index is 0. The zero-order chi connectivity index (χ0) is 19.6. The molecule has 7 nitrogen and oxygen atoms in total. The molecule has 1 amide bonds. The summed E-state index contributed by atoms with van der Waals surface area (Å²) in [5.41, 5.74) is 2.15. The number of ether oxygens (including phenoxy) is 2. The number of halogens is 1. The van der Waals surface area contributed by atoms with Crippen molar-refractivity contribution >= 4 is 35.8 Å². The Morgan fingerprint density at radius 3 is 2.79 bits per heavy atom. The monoisotopic (exact) mass is 504 g/mol. The fourth-order valence-electron chi connectivity index (χ4n) is 2.71. The standard InChI is InChI=1S/C20H32N4O3.HI/c1-5-21-20(23-13-19(25)24(3)4)22-12-16-9-8-15(2)11-18(16)27-14-17-7-6-10-26-17;/h8-9,11,17H,5-7,10,12-14H2,1-4H3,(H2,21,22,23);1H. The van der Waals surface area contributed by atoms with Gasteiger partial charge in [0.15, 0.2) is 5.96 Å². The molecule has 1 aliphatic rings. The molecule has 1 heterocycles. The molecule has 0 bridgehead atoms. The summed E-state index contributed by atoms with van der Waals surface area (Å²) >= 11 is 0. The number of nitrogens with zero attached hydrogens (tertiary/aromatic N) is 2. The Bertz CT molecular complexity index is 646. The summed E-state index contributed by atoms with van der Waals surface area (Å²) in [5.74, 6) is 1.45. The lowest BCUT2D eigenvalue weighted by atomic mass is 10.1. The Labute approximate surface area is 185 Å². The molecule has 28 heavy (non-hydrogen) atoms. The smallest absolute Gasteiger partial charge is 0.241 e. The molecule has 1 saturated heterocycles. The lowest BCUT2D eigenvalue weighted by Gasteiger charge is -2.16. The molecule has 1 unspecified atom stereocenters. The maximum atomic E-state index is 11.8. The highest BCUT2D eigenvalue weighted by molar-refractivity contribution is 14.0. The number of carbonyl (C=O) groups is 1. The van der Waals surface area contributed by atoms with Gasteiger partial charge in [-0.05, 0) is 38.3 Å². The molecule has 158 valence electrons. The molecule has 0 aliphatic carbocycles. The number of hydrogen-bond acceptors (Lipinski definition) is 4. The predicted octanol–water partition coefficient (Wildman–Crippen LogP) is 2.31. The van der Waals surface area contributed by atoms with Crippen LogP contribution >= 0.6 is 24.0 Å². The van der Waals surface area contributed by atoms with E-state index in [1.165, 1.54) is 0 Å². The van der Waals surface area contributed by atoms with Gasteiger partial charge in [0.2, 0.25) is 5.91 Å². The quantitative estimate of drug-likeness (QED) is 0.323. The van der Waals surface area contributed by atoms with Crippen LogP contribution in [0.25, 0.3) is 0 Å². The van der Waals surface area contributed by atoms with Gasteiger partial charge in [0, 0.05) is 32.8 Å². The number of aliphatic imine (C=N–C) groups is 1. The van der Waals surface area contributed by atoms with Crippen LogP contribution in [0.2, 0.25) is 0 Å². The third kappa shape index (κ3) is 8.22. The van der Waals surface area contributed by atoms with Crippen LogP contribution in [-0.4, -0.2) is 63.3 Å². The molecule has 0 radical (unpaired) electrons. The van der Waals surface area contributed by atoms with Crippen molar-refractivity contribution in [3.8, 4) is 5.75 Å². The second-order valence-corrected chi connectivity index (χ2v) is 6.89. The molecule has 0 aromatic heterocycles. The highest BCUT2D eigenvalue weighted by Crippen LogP contribution is 2.23. The van der Waals surface area contributed by atoms with Crippen LogP contribution in [0.4, 0.5) is 0 Å². The molecule has 1 aromatic rings. The number of hydrogen-bond donors (Lipinski definition) is 2. The lowest BCUT2D eigenvalue weighted by Crippen LogP contribution is -2.42. The van der Waals surface area contributed by atoms with Crippen molar-refractivity contribution in [2.24, 2.45) is 4.99 Å². The Morgan fingerprint density at radius 1 is 1.36 bits per heavy atom.